The molecule has 32 heavy (non-hydrogen) atoms. The standard InChI is InChI=1S/C15H16F16N/c1-4-32(3,5-2)7-6-8(16)9(17,18)10(19,20)11(21,22)12(23,24)13(25,26)14(27,28)15(29,30)31/h6H,4-5,7H2,1-3H3/q+1/b8-6-. The molecule has 0 heterocycles. The van der Waals surface area contributed by atoms with Crippen LogP contribution < -0.4 is 0 Å². The molecule has 0 saturated heterocycles. The molecule has 0 aromatic carbocycles. The fourth-order valence-electron chi connectivity index (χ4n) is 2.03. The Bertz CT molecular complexity index is 686. The zero-order chi connectivity index (χ0) is 26.4. The van der Waals surface area contributed by atoms with Crippen LogP contribution in [-0.2, 0) is 0 Å². The zero-order valence-electron chi connectivity index (χ0n) is 16.2. The number of rotatable bonds is 10. The lowest BCUT2D eigenvalue weighted by Gasteiger charge is -2.41. The average molecular weight is 514 g/mol. The van der Waals surface area contributed by atoms with Gasteiger partial charge in [-0.25, -0.2) is 4.39 Å². The third-order valence-electron chi connectivity index (χ3n) is 4.87. The second-order valence-corrected chi connectivity index (χ2v) is 6.93. The maximum atomic E-state index is 13.7. The summed E-state index contributed by atoms with van der Waals surface area (Å²) >= 11 is 0. The first-order chi connectivity index (χ1) is 13.7. The maximum Gasteiger partial charge on any atom is 0.460 e. The summed E-state index contributed by atoms with van der Waals surface area (Å²) in [6, 6.07) is 0. The minimum Gasteiger partial charge on any atom is -0.323 e. The van der Waals surface area contributed by atoms with Crippen LogP contribution in [0.25, 0.3) is 0 Å². The minimum atomic E-state index is -8.43. The molecule has 17 heteroatoms. The van der Waals surface area contributed by atoms with Gasteiger partial charge in [-0.1, -0.05) is 0 Å². The van der Waals surface area contributed by atoms with Crippen molar-refractivity contribution in [2.45, 2.75) is 55.6 Å². The lowest BCUT2D eigenvalue weighted by molar-refractivity contribution is -0.900. The number of quaternary nitrogens is 1. The molecule has 1 nitrogen and oxygen atoms in total. The van der Waals surface area contributed by atoms with E-state index >= 15 is 0 Å². The van der Waals surface area contributed by atoms with Crippen molar-refractivity contribution in [1.29, 1.82) is 0 Å². The molecule has 0 rings (SSSR count). The highest BCUT2D eigenvalue weighted by atomic mass is 19.4. The second-order valence-electron chi connectivity index (χ2n) is 6.93. The predicted molar refractivity (Wildman–Crippen MR) is 77.1 cm³/mol. The van der Waals surface area contributed by atoms with Crippen molar-refractivity contribution in [2.24, 2.45) is 0 Å². The summed E-state index contributed by atoms with van der Waals surface area (Å²) in [4.78, 5) is 0. The first-order valence-electron chi connectivity index (χ1n) is 8.28. The molecule has 0 aliphatic rings. The Labute approximate surface area is 170 Å². The van der Waals surface area contributed by atoms with Crippen LogP contribution in [0.15, 0.2) is 11.9 Å². The molecule has 0 unspecified atom stereocenters. The van der Waals surface area contributed by atoms with Crippen molar-refractivity contribution in [1.82, 2.24) is 0 Å². The number of hydrogen-bond donors (Lipinski definition) is 0. The van der Waals surface area contributed by atoms with E-state index in [1.165, 1.54) is 20.9 Å². The summed E-state index contributed by atoms with van der Waals surface area (Å²) < 4.78 is 209. The van der Waals surface area contributed by atoms with Crippen molar-refractivity contribution in [3.63, 3.8) is 0 Å². The molecule has 0 saturated carbocycles. The van der Waals surface area contributed by atoms with Gasteiger partial charge in [-0.05, 0) is 13.8 Å². The maximum absolute atomic E-state index is 13.7. The van der Waals surface area contributed by atoms with Gasteiger partial charge in [0.15, 0.2) is 5.83 Å². The number of halogens is 16. The number of likely N-dealkylation sites (N-methyl/N-ethyl adjacent to an activating group) is 1. The zero-order valence-corrected chi connectivity index (χ0v) is 16.2. The summed E-state index contributed by atoms with van der Waals surface area (Å²) in [5, 5.41) is 0. The Balaban J connectivity index is 6.54. The van der Waals surface area contributed by atoms with E-state index in [0.717, 1.165) is 0 Å². The molecular formula is C15H16F16N+. The molecule has 0 amide bonds. The SMILES string of the molecule is CC[N+](C)(CC)C/C=C(\F)C(F)(F)C(F)(F)C(F)(F)C(F)(F)C(F)(F)C(F)(F)C(F)(F)F. The molecular weight excluding hydrogens is 498 g/mol. The van der Waals surface area contributed by atoms with Crippen molar-refractivity contribution in [3.8, 4) is 0 Å². The molecule has 192 valence electrons. The topological polar surface area (TPSA) is 0 Å². The summed E-state index contributed by atoms with van der Waals surface area (Å²) in [6.07, 6.45) is -8.13. The van der Waals surface area contributed by atoms with Gasteiger partial charge in [0.2, 0.25) is 0 Å². The molecule has 0 fully saturated rings. The van der Waals surface area contributed by atoms with Crippen LogP contribution in [0.1, 0.15) is 13.8 Å². The molecule has 0 bridgehead atoms. The summed E-state index contributed by atoms with van der Waals surface area (Å²) in [5.74, 6) is -51.5. The lowest BCUT2D eigenvalue weighted by atomic mass is 9.90. The smallest absolute Gasteiger partial charge is 0.323 e. The molecule has 0 aliphatic carbocycles. The molecule has 0 spiro atoms. The Hall–Kier alpha value is -1.42. The fraction of sp³-hybridized carbons (Fsp3) is 0.867. The Kier molecular flexibility index (Phi) is 8.04. The fourth-order valence-corrected chi connectivity index (χ4v) is 2.03. The number of allylic oxidation sites excluding steroid dienone is 1. The van der Waals surface area contributed by atoms with Crippen molar-refractivity contribution in [2.75, 3.05) is 26.7 Å². The monoisotopic (exact) mass is 514 g/mol. The van der Waals surface area contributed by atoms with Crippen LogP contribution in [0.3, 0.4) is 0 Å². The number of hydrogen-bond acceptors (Lipinski definition) is 0. The van der Waals surface area contributed by atoms with Gasteiger partial charge in [0, 0.05) is 6.08 Å². The Morgan fingerprint density at radius 2 is 0.906 bits per heavy atom. The van der Waals surface area contributed by atoms with Crippen molar-refractivity contribution in [3.05, 3.63) is 11.9 Å². The van der Waals surface area contributed by atoms with E-state index < -0.39 is 64.6 Å². The predicted octanol–water partition coefficient (Wildman–Crippen LogP) is 6.70. The van der Waals surface area contributed by atoms with E-state index in [-0.39, 0.29) is 13.1 Å². The van der Waals surface area contributed by atoms with E-state index in [0.29, 0.717) is 0 Å². The molecule has 0 aromatic heterocycles. The number of alkyl halides is 15. The quantitative estimate of drug-likeness (QED) is 0.225. The first-order valence-corrected chi connectivity index (χ1v) is 8.28. The van der Waals surface area contributed by atoms with Crippen LogP contribution in [0.5, 0.6) is 0 Å². The van der Waals surface area contributed by atoms with Crippen LogP contribution in [0.4, 0.5) is 70.2 Å². The van der Waals surface area contributed by atoms with Gasteiger partial charge in [0.25, 0.3) is 0 Å². The van der Waals surface area contributed by atoms with Gasteiger partial charge in [-0.15, -0.1) is 0 Å². The highest BCUT2D eigenvalue weighted by Crippen LogP contribution is 2.63. The molecule has 0 N–H and O–H groups in total. The van der Waals surface area contributed by atoms with Gasteiger partial charge in [-0.3, -0.25) is 0 Å². The van der Waals surface area contributed by atoms with Gasteiger partial charge in [0.1, 0.15) is 6.54 Å². The second kappa shape index (κ2) is 8.42. The summed E-state index contributed by atoms with van der Waals surface area (Å²) in [6.45, 7) is 1.90. The molecule has 0 atom stereocenters. The van der Waals surface area contributed by atoms with E-state index in [9.17, 15) is 70.2 Å². The summed E-state index contributed by atoms with van der Waals surface area (Å²) in [7, 11) is 1.22. The largest absolute Gasteiger partial charge is 0.460 e. The van der Waals surface area contributed by atoms with Gasteiger partial charge >= 0.3 is 41.7 Å². The Morgan fingerprint density at radius 3 is 1.22 bits per heavy atom. The van der Waals surface area contributed by atoms with Gasteiger partial charge in [-0.2, -0.15) is 65.9 Å². The highest BCUT2D eigenvalue weighted by Gasteiger charge is 2.93. The van der Waals surface area contributed by atoms with Crippen molar-refractivity contribution < 1.29 is 74.7 Å². The van der Waals surface area contributed by atoms with E-state index in [4.69, 9.17) is 0 Å². The third-order valence-corrected chi connectivity index (χ3v) is 4.87. The number of nitrogens with zero attached hydrogens (tertiary/aromatic N) is 1. The van der Waals surface area contributed by atoms with E-state index in [1.807, 2.05) is 0 Å². The van der Waals surface area contributed by atoms with Crippen LogP contribution in [0, 0.1) is 0 Å². The molecule has 0 aromatic rings. The lowest BCUT2D eigenvalue weighted by Crippen LogP contribution is -2.72. The van der Waals surface area contributed by atoms with Gasteiger partial charge in [0.05, 0.1) is 20.1 Å². The van der Waals surface area contributed by atoms with Gasteiger partial charge < -0.3 is 4.48 Å². The highest BCUT2D eigenvalue weighted by molar-refractivity contribution is 5.19. The minimum absolute atomic E-state index is 0.0230. The molecule has 0 radical (unpaired) electrons. The van der Waals surface area contributed by atoms with Crippen molar-refractivity contribution >= 4 is 0 Å². The first kappa shape index (κ1) is 30.6. The summed E-state index contributed by atoms with van der Waals surface area (Å²) in [5.41, 5.74) is 0. The van der Waals surface area contributed by atoms with Crippen LogP contribution in [-0.4, -0.2) is 72.9 Å². The van der Waals surface area contributed by atoms with E-state index in [1.54, 1.807) is 0 Å². The van der Waals surface area contributed by atoms with Crippen LogP contribution in [0.2, 0.25) is 0 Å². The van der Waals surface area contributed by atoms with E-state index in [2.05, 4.69) is 0 Å². The Morgan fingerprint density at radius 1 is 0.594 bits per heavy atom. The average Bonchev–Trinajstić information content (AvgIpc) is 2.63. The normalized spacial score (nSPS) is 16.5. The third kappa shape index (κ3) is 4.36. The molecule has 0 aliphatic heterocycles. The van der Waals surface area contributed by atoms with Crippen LogP contribution >= 0.6 is 0 Å².